The molecular weight excluding hydrogens is 348 g/mol. The van der Waals surface area contributed by atoms with Crippen LogP contribution in [0.1, 0.15) is 26.8 Å². The predicted octanol–water partition coefficient (Wildman–Crippen LogP) is 3.42. The van der Waals surface area contributed by atoms with E-state index in [1.807, 2.05) is 37.4 Å². The Morgan fingerprint density at radius 1 is 1.19 bits per heavy atom. The van der Waals surface area contributed by atoms with E-state index in [9.17, 15) is 4.79 Å². The van der Waals surface area contributed by atoms with E-state index in [2.05, 4.69) is 33.6 Å². The lowest BCUT2D eigenvalue weighted by Crippen LogP contribution is -2.36. The molecule has 0 bridgehead atoms. The number of ether oxygens (including phenoxy) is 1. The van der Waals surface area contributed by atoms with Gasteiger partial charge in [-0.05, 0) is 45.0 Å². The Bertz CT molecular complexity index is 723. The molecule has 2 heterocycles. The molecule has 1 fully saturated rings. The van der Waals surface area contributed by atoms with Crippen molar-refractivity contribution in [1.82, 2.24) is 9.55 Å². The SMILES string of the molecule is CC(C)n1ccnc1S[C@H](C)C(=O)Nc1ccc(N2CCOCC2)cc1. The molecule has 1 saturated heterocycles. The lowest BCUT2D eigenvalue weighted by atomic mass is 10.2. The van der Waals surface area contributed by atoms with Crippen molar-refractivity contribution in [3.63, 3.8) is 0 Å². The third-order valence-electron chi connectivity index (χ3n) is 4.35. The quantitative estimate of drug-likeness (QED) is 0.785. The summed E-state index contributed by atoms with van der Waals surface area (Å²) in [5.41, 5.74) is 1.97. The Hall–Kier alpha value is -1.99. The second kappa shape index (κ2) is 8.60. The van der Waals surface area contributed by atoms with E-state index in [-0.39, 0.29) is 11.2 Å². The first-order chi connectivity index (χ1) is 12.5. The molecule has 1 N–H and O–H groups in total. The van der Waals surface area contributed by atoms with E-state index < -0.39 is 0 Å². The molecule has 0 radical (unpaired) electrons. The number of amides is 1. The molecule has 140 valence electrons. The maximum absolute atomic E-state index is 12.5. The molecule has 1 aromatic carbocycles. The average Bonchev–Trinajstić information content (AvgIpc) is 3.11. The van der Waals surface area contributed by atoms with Gasteiger partial charge in [0.05, 0.1) is 18.5 Å². The van der Waals surface area contributed by atoms with Crippen LogP contribution >= 0.6 is 11.8 Å². The van der Waals surface area contributed by atoms with Crippen molar-refractivity contribution in [3.05, 3.63) is 36.7 Å². The van der Waals surface area contributed by atoms with Crippen LogP contribution in [0.4, 0.5) is 11.4 Å². The van der Waals surface area contributed by atoms with Gasteiger partial charge in [-0.25, -0.2) is 4.98 Å². The van der Waals surface area contributed by atoms with E-state index >= 15 is 0 Å². The zero-order valence-electron chi connectivity index (χ0n) is 15.5. The molecule has 2 aromatic rings. The number of benzene rings is 1. The van der Waals surface area contributed by atoms with Crippen molar-refractivity contribution in [1.29, 1.82) is 0 Å². The van der Waals surface area contributed by atoms with Crippen molar-refractivity contribution in [2.24, 2.45) is 0 Å². The van der Waals surface area contributed by atoms with E-state index in [0.29, 0.717) is 6.04 Å². The van der Waals surface area contributed by atoms with Crippen LogP contribution in [0.5, 0.6) is 0 Å². The molecule has 0 spiro atoms. The summed E-state index contributed by atoms with van der Waals surface area (Å²) in [5.74, 6) is -0.0209. The first-order valence-electron chi connectivity index (χ1n) is 8.97. The highest BCUT2D eigenvalue weighted by molar-refractivity contribution is 8.00. The normalized spacial score (nSPS) is 15.9. The highest BCUT2D eigenvalue weighted by Gasteiger charge is 2.18. The van der Waals surface area contributed by atoms with Crippen molar-refractivity contribution in [2.75, 3.05) is 36.5 Å². The topological polar surface area (TPSA) is 59.4 Å². The molecule has 1 aliphatic heterocycles. The van der Waals surface area contributed by atoms with Gasteiger partial charge in [0.1, 0.15) is 0 Å². The van der Waals surface area contributed by atoms with Crippen LogP contribution in [0.25, 0.3) is 0 Å². The number of anilines is 2. The van der Waals surface area contributed by atoms with Gasteiger partial charge in [-0.3, -0.25) is 4.79 Å². The molecule has 1 amide bonds. The summed E-state index contributed by atoms with van der Waals surface area (Å²) in [7, 11) is 0. The number of aromatic nitrogens is 2. The third kappa shape index (κ3) is 4.59. The van der Waals surface area contributed by atoms with Crippen LogP contribution in [0, 0.1) is 0 Å². The molecule has 1 atom stereocenters. The van der Waals surface area contributed by atoms with E-state index in [0.717, 1.165) is 42.8 Å². The Kier molecular flexibility index (Phi) is 6.21. The number of nitrogens with zero attached hydrogens (tertiary/aromatic N) is 3. The summed E-state index contributed by atoms with van der Waals surface area (Å²) >= 11 is 1.48. The molecule has 6 nitrogen and oxygen atoms in total. The van der Waals surface area contributed by atoms with Gasteiger partial charge in [-0.2, -0.15) is 0 Å². The fraction of sp³-hybridized carbons (Fsp3) is 0.474. The van der Waals surface area contributed by atoms with Gasteiger partial charge in [-0.1, -0.05) is 11.8 Å². The molecule has 0 unspecified atom stereocenters. The molecule has 0 saturated carbocycles. The summed E-state index contributed by atoms with van der Waals surface area (Å²) in [6.45, 7) is 9.45. The minimum absolute atomic E-state index is 0.0209. The number of rotatable bonds is 6. The molecule has 1 aliphatic rings. The fourth-order valence-electron chi connectivity index (χ4n) is 2.82. The maximum atomic E-state index is 12.5. The van der Waals surface area contributed by atoms with E-state index in [4.69, 9.17) is 4.74 Å². The van der Waals surface area contributed by atoms with E-state index in [1.54, 1.807) is 6.20 Å². The summed E-state index contributed by atoms with van der Waals surface area (Å²) < 4.78 is 7.46. The smallest absolute Gasteiger partial charge is 0.237 e. The Morgan fingerprint density at radius 2 is 1.88 bits per heavy atom. The highest BCUT2D eigenvalue weighted by Crippen LogP contribution is 2.25. The molecule has 0 aliphatic carbocycles. The summed E-state index contributed by atoms with van der Waals surface area (Å²) in [6.07, 6.45) is 3.72. The van der Waals surface area contributed by atoms with Crippen LogP contribution in [0.3, 0.4) is 0 Å². The van der Waals surface area contributed by atoms with Crippen molar-refractivity contribution in [2.45, 2.75) is 37.2 Å². The van der Waals surface area contributed by atoms with Gasteiger partial charge >= 0.3 is 0 Å². The molecule has 26 heavy (non-hydrogen) atoms. The van der Waals surface area contributed by atoms with Gasteiger partial charge in [0, 0.05) is 42.9 Å². The monoisotopic (exact) mass is 374 g/mol. The number of morpholine rings is 1. The lowest BCUT2D eigenvalue weighted by Gasteiger charge is -2.28. The number of thioether (sulfide) groups is 1. The minimum atomic E-state index is -0.228. The van der Waals surface area contributed by atoms with Gasteiger partial charge in [0.25, 0.3) is 0 Å². The van der Waals surface area contributed by atoms with Crippen LogP contribution in [-0.2, 0) is 9.53 Å². The fourth-order valence-corrected chi connectivity index (χ4v) is 3.81. The number of nitrogens with one attached hydrogen (secondary N) is 1. The highest BCUT2D eigenvalue weighted by atomic mass is 32.2. The summed E-state index contributed by atoms with van der Waals surface area (Å²) in [4.78, 5) is 19.2. The summed E-state index contributed by atoms with van der Waals surface area (Å²) in [5, 5.41) is 3.63. The van der Waals surface area contributed by atoms with Crippen molar-refractivity contribution < 1.29 is 9.53 Å². The Balaban J connectivity index is 1.57. The minimum Gasteiger partial charge on any atom is -0.378 e. The van der Waals surface area contributed by atoms with E-state index in [1.165, 1.54) is 11.8 Å². The number of imidazole rings is 1. The lowest BCUT2D eigenvalue weighted by molar-refractivity contribution is -0.115. The van der Waals surface area contributed by atoms with Gasteiger partial charge < -0.3 is 19.5 Å². The number of carbonyl (C=O) groups excluding carboxylic acids is 1. The molecule has 3 rings (SSSR count). The van der Waals surface area contributed by atoms with Gasteiger partial charge in [-0.15, -0.1) is 0 Å². The number of carbonyl (C=O) groups is 1. The maximum Gasteiger partial charge on any atom is 0.237 e. The largest absolute Gasteiger partial charge is 0.378 e. The first-order valence-corrected chi connectivity index (χ1v) is 9.85. The average molecular weight is 375 g/mol. The first kappa shape index (κ1) is 18.8. The van der Waals surface area contributed by atoms with Crippen LogP contribution in [0.2, 0.25) is 0 Å². The standard InChI is InChI=1S/C19H26N4O2S/c1-14(2)23-9-8-20-19(23)26-15(3)18(24)21-16-4-6-17(7-5-16)22-10-12-25-13-11-22/h4-9,14-15H,10-13H2,1-3H3,(H,21,24)/t15-/m1/s1. The van der Waals surface area contributed by atoms with Crippen LogP contribution in [0.15, 0.2) is 41.8 Å². The zero-order valence-corrected chi connectivity index (χ0v) is 16.3. The van der Waals surface area contributed by atoms with Gasteiger partial charge in [0.2, 0.25) is 5.91 Å². The predicted molar refractivity (Wildman–Crippen MR) is 106 cm³/mol. The van der Waals surface area contributed by atoms with Crippen molar-refractivity contribution >= 4 is 29.0 Å². The van der Waals surface area contributed by atoms with Gasteiger partial charge in [0.15, 0.2) is 5.16 Å². The Labute approximate surface area is 158 Å². The van der Waals surface area contributed by atoms with Crippen molar-refractivity contribution in [3.8, 4) is 0 Å². The zero-order chi connectivity index (χ0) is 18.5. The molecule has 7 heteroatoms. The second-order valence-electron chi connectivity index (χ2n) is 6.61. The molecular formula is C19H26N4O2S. The number of hydrogen-bond acceptors (Lipinski definition) is 5. The second-order valence-corrected chi connectivity index (χ2v) is 7.91. The summed E-state index contributed by atoms with van der Waals surface area (Å²) in [6, 6.07) is 8.32. The number of hydrogen-bond donors (Lipinski definition) is 1. The van der Waals surface area contributed by atoms with Crippen LogP contribution in [-0.4, -0.2) is 47.0 Å². The van der Waals surface area contributed by atoms with Crippen LogP contribution < -0.4 is 10.2 Å². The third-order valence-corrected chi connectivity index (χ3v) is 5.45. The Morgan fingerprint density at radius 3 is 2.54 bits per heavy atom. The molecule has 1 aromatic heterocycles.